The summed E-state index contributed by atoms with van der Waals surface area (Å²) in [6.07, 6.45) is 6.20. The van der Waals surface area contributed by atoms with E-state index in [-0.39, 0.29) is 36.9 Å². The molecule has 0 unspecified atom stereocenters. The van der Waals surface area contributed by atoms with Gasteiger partial charge < -0.3 is 11.5 Å². The first kappa shape index (κ1) is 12.9. The van der Waals surface area contributed by atoms with E-state index in [0.717, 1.165) is 12.8 Å². The molecule has 0 heterocycles. The zero-order chi connectivity index (χ0) is 5.98. The summed E-state index contributed by atoms with van der Waals surface area (Å²) in [5.41, 5.74) is 11.2. The molecule has 0 saturated heterocycles. The Kier molecular flexibility index (Phi) is 7.70. The van der Waals surface area contributed by atoms with Crippen LogP contribution in [0.25, 0.3) is 0 Å². The van der Waals surface area contributed by atoms with E-state index in [0.29, 0.717) is 0 Å². The van der Waals surface area contributed by atoms with Crippen LogP contribution in [0.3, 0.4) is 0 Å². The van der Waals surface area contributed by atoms with Crippen LogP contribution in [-0.4, -0.2) is 12.1 Å². The van der Waals surface area contributed by atoms with Crippen molar-refractivity contribution in [2.75, 3.05) is 0 Å². The van der Waals surface area contributed by atoms with Gasteiger partial charge in [0, 0.05) is 12.1 Å². The van der Waals surface area contributed by atoms with Crippen molar-refractivity contribution in [2.24, 2.45) is 11.5 Å². The smallest absolute Gasteiger partial charge is 0.0378 e. The molecule has 0 aromatic carbocycles. The predicted octanol–water partition coefficient (Wildman–Crippen LogP) is 0.835. The lowest BCUT2D eigenvalue weighted by molar-refractivity contribution is 0.541. The summed E-state index contributed by atoms with van der Waals surface area (Å²) >= 11 is 0. The molecule has 62 valence electrons. The first-order valence-electron chi connectivity index (χ1n) is 2.98. The summed E-state index contributed by atoms with van der Waals surface area (Å²) in [6.45, 7) is 0. The summed E-state index contributed by atoms with van der Waals surface area (Å²) < 4.78 is 0. The molecule has 1 rings (SSSR count). The lowest BCUT2D eigenvalue weighted by Gasteiger charge is -2.19. The molecule has 2 nitrogen and oxygen atoms in total. The third kappa shape index (κ3) is 3.42. The Labute approximate surface area is 73.9 Å². The average Bonchev–Trinajstić information content (AvgIpc) is 1.77. The van der Waals surface area contributed by atoms with Gasteiger partial charge in [0.15, 0.2) is 0 Å². The van der Waals surface area contributed by atoms with E-state index in [1.165, 1.54) is 0 Å². The Balaban J connectivity index is 0. The van der Waals surface area contributed by atoms with Crippen molar-refractivity contribution >= 4 is 24.8 Å². The van der Waals surface area contributed by atoms with E-state index in [1.54, 1.807) is 0 Å². The Bertz CT molecular complexity index is 106. The molecule has 0 spiro atoms. The first-order valence-corrected chi connectivity index (χ1v) is 2.98. The Morgan fingerprint density at radius 2 is 1.80 bits per heavy atom. The van der Waals surface area contributed by atoms with Gasteiger partial charge in [-0.05, 0) is 12.8 Å². The fourth-order valence-corrected chi connectivity index (χ4v) is 0.877. The number of hydrogen-bond donors (Lipinski definition) is 2. The fraction of sp³-hybridized carbons (Fsp3) is 0.667. The van der Waals surface area contributed by atoms with Crippen molar-refractivity contribution in [2.45, 2.75) is 24.9 Å². The van der Waals surface area contributed by atoms with Crippen LogP contribution in [-0.2, 0) is 0 Å². The van der Waals surface area contributed by atoms with Crippen molar-refractivity contribution in [3.05, 3.63) is 12.2 Å². The quantitative estimate of drug-likeness (QED) is 0.549. The van der Waals surface area contributed by atoms with E-state index in [2.05, 4.69) is 6.08 Å². The first-order chi connectivity index (χ1) is 3.80. The second-order valence-corrected chi connectivity index (χ2v) is 2.25. The summed E-state index contributed by atoms with van der Waals surface area (Å²) in [7, 11) is 0. The molecule has 0 saturated carbocycles. The molecular formula is C6H14Cl2N2. The normalized spacial score (nSPS) is 30.2. The van der Waals surface area contributed by atoms with Crippen molar-refractivity contribution in [3.63, 3.8) is 0 Å². The van der Waals surface area contributed by atoms with Crippen LogP contribution in [0.4, 0.5) is 0 Å². The van der Waals surface area contributed by atoms with Crippen LogP contribution in [0, 0.1) is 0 Å². The van der Waals surface area contributed by atoms with Gasteiger partial charge in [-0.3, -0.25) is 0 Å². The molecule has 0 aliphatic heterocycles. The van der Waals surface area contributed by atoms with Crippen molar-refractivity contribution in [1.82, 2.24) is 0 Å². The number of rotatable bonds is 0. The molecule has 1 aliphatic carbocycles. The van der Waals surface area contributed by atoms with E-state index in [1.807, 2.05) is 6.08 Å². The summed E-state index contributed by atoms with van der Waals surface area (Å²) in [6, 6.07) is 0.295. The van der Waals surface area contributed by atoms with Crippen LogP contribution < -0.4 is 11.5 Å². The van der Waals surface area contributed by atoms with Crippen molar-refractivity contribution in [3.8, 4) is 0 Å². The van der Waals surface area contributed by atoms with E-state index in [4.69, 9.17) is 11.5 Å². The molecule has 4 heteroatoms. The van der Waals surface area contributed by atoms with E-state index >= 15 is 0 Å². The molecular weight excluding hydrogens is 171 g/mol. The van der Waals surface area contributed by atoms with Gasteiger partial charge in [0.05, 0.1) is 0 Å². The van der Waals surface area contributed by atoms with Gasteiger partial charge in [0.2, 0.25) is 0 Å². The Hall–Kier alpha value is 0.240. The predicted molar refractivity (Wildman–Crippen MR) is 48.8 cm³/mol. The maximum atomic E-state index is 5.60. The molecule has 0 aromatic heterocycles. The summed E-state index contributed by atoms with van der Waals surface area (Å²) in [5, 5.41) is 0. The lowest BCUT2D eigenvalue weighted by atomic mass is 9.99. The zero-order valence-corrected chi connectivity index (χ0v) is 7.33. The van der Waals surface area contributed by atoms with Crippen LogP contribution in [0.1, 0.15) is 12.8 Å². The van der Waals surface area contributed by atoms with Crippen molar-refractivity contribution in [1.29, 1.82) is 0 Å². The molecule has 10 heavy (non-hydrogen) atoms. The van der Waals surface area contributed by atoms with Gasteiger partial charge in [-0.15, -0.1) is 24.8 Å². The third-order valence-electron chi connectivity index (χ3n) is 1.52. The molecule has 0 amide bonds. The SMILES string of the molecule is Cl.Cl.N[C@H]1C=CCC[C@@H]1N. The van der Waals surface area contributed by atoms with Gasteiger partial charge in [-0.2, -0.15) is 0 Å². The highest BCUT2D eigenvalue weighted by Gasteiger charge is 2.11. The minimum absolute atomic E-state index is 0. The van der Waals surface area contributed by atoms with Crippen LogP contribution in [0.2, 0.25) is 0 Å². The molecule has 0 bridgehead atoms. The van der Waals surface area contributed by atoms with Gasteiger partial charge >= 0.3 is 0 Å². The average molecular weight is 185 g/mol. The molecule has 4 N–H and O–H groups in total. The number of allylic oxidation sites excluding steroid dienone is 1. The Morgan fingerprint density at radius 1 is 1.20 bits per heavy atom. The van der Waals surface area contributed by atoms with E-state index in [9.17, 15) is 0 Å². The number of hydrogen-bond acceptors (Lipinski definition) is 2. The highest BCUT2D eigenvalue weighted by molar-refractivity contribution is 5.85. The maximum Gasteiger partial charge on any atom is 0.0378 e. The van der Waals surface area contributed by atoms with Gasteiger partial charge in [0.1, 0.15) is 0 Å². The van der Waals surface area contributed by atoms with Crippen LogP contribution in [0.5, 0.6) is 0 Å². The topological polar surface area (TPSA) is 52.0 Å². The van der Waals surface area contributed by atoms with E-state index < -0.39 is 0 Å². The highest BCUT2D eigenvalue weighted by atomic mass is 35.5. The molecule has 1 aliphatic rings. The zero-order valence-electron chi connectivity index (χ0n) is 5.69. The van der Waals surface area contributed by atoms with Gasteiger partial charge in [-0.1, -0.05) is 12.2 Å². The summed E-state index contributed by atoms with van der Waals surface area (Å²) in [5.74, 6) is 0. The standard InChI is InChI=1S/C6H12N2.2ClH/c7-5-3-1-2-4-6(5)8;;/h1,3,5-6H,2,4,7-8H2;2*1H/t5-,6-;;/m0../s1. The monoisotopic (exact) mass is 184 g/mol. The van der Waals surface area contributed by atoms with Crippen molar-refractivity contribution < 1.29 is 0 Å². The molecule has 0 radical (unpaired) electrons. The molecule has 0 aromatic rings. The maximum absolute atomic E-state index is 5.60. The number of nitrogens with two attached hydrogens (primary N) is 2. The van der Waals surface area contributed by atoms with Gasteiger partial charge in [0.25, 0.3) is 0 Å². The molecule has 2 atom stereocenters. The highest BCUT2D eigenvalue weighted by Crippen LogP contribution is 2.06. The minimum atomic E-state index is 0. The Morgan fingerprint density at radius 3 is 2.10 bits per heavy atom. The molecule has 0 fully saturated rings. The van der Waals surface area contributed by atoms with Gasteiger partial charge in [-0.25, -0.2) is 0 Å². The largest absolute Gasteiger partial charge is 0.326 e. The van der Waals surface area contributed by atoms with Crippen LogP contribution in [0.15, 0.2) is 12.2 Å². The second kappa shape index (κ2) is 5.98. The fourth-order valence-electron chi connectivity index (χ4n) is 0.877. The lowest BCUT2D eigenvalue weighted by Crippen LogP contribution is -2.41. The second-order valence-electron chi connectivity index (χ2n) is 2.25. The minimum Gasteiger partial charge on any atom is -0.326 e. The van der Waals surface area contributed by atoms with Crippen LogP contribution >= 0.6 is 24.8 Å². The third-order valence-corrected chi connectivity index (χ3v) is 1.52. The number of halogens is 2. The summed E-state index contributed by atoms with van der Waals surface area (Å²) in [4.78, 5) is 0.